The lowest BCUT2D eigenvalue weighted by Gasteiger charge is -2.26. The third-order valence-electron chi connectivity index (χ3n) is 4.47. The van der Waals surface area contributed by atoms with Crippen LogP contribution in [0, 0.1) is 0 Å². The molecule has 0 fully saturated rings. The highest BCUT2D eigenvalue weighted by molar-refractivity contribution is 7.89. The van der Waals surface area contributed by atoms with Crippen molar-refractivity contribution in [3.05, 3.63) is 29.8 Å². The molecular weight excluding hydrogens is 338 g/mol. The normalized spacial score (nSPS) is 13.0. The number of benzene rings is 1. The predicted octanol–water partition coefficient (Wildman–Crippen LogP) is 2.18. The van der Waals surface area contributed by atoms with Gasteiger partial charge in [-0.15, -0.1) is 0 Å². The van der Waals surface area contributed by atoms with Crippen LogP contribution in [0.2, 0.25) is 0 Å². The van der Waals surface area contributed by atoms with Gasteiger partial charge in [0.05, 0.1) is 4.90 Å². The van der Waals surface area contributed by atoms with E-state index in [9.17, 15) is 13.2 Å². The second kappa shape index (κ2) is 9.89. The fourth-order valence-corrected chi connectivity index (χ4v) is 3.88. The van der Waals surface area contributed by atoms with Gasteiger partial charge in [0, 0.05) is 31.2 Å². The number of nitrogens with one attached hydrogen (secondary N) is 1. The maximum Gasteiger partial charge on any atom is 0.253 e. The van der Waals surface area contributed by atoms with Gasteiger partial charge in [-0.2, -0.15) is 0 Å². The predicted molar refractivity (Wildman–Crippen MR) is 101 cm³/mol. The highest BCUT2D eigenvalue weighted by Gasteiger charge is 2.19. The highest BCUT2D eigenvalue weighted by Crippen LogP contribution is 2.13. The minimum atomic E-state index is -3.58. The molecule has 1 atom stereocenters. The number of sulfonamides is 1. The Labute approximate surface area is 152 Å². The van der Waals surface area contributed by atoms with Gasteiger partial charge < -0.3 is 4.90 Å². The van der Waals surface area contributed by atoms with Crippen LogP contribution in [0.15, 0.2) is 29.2 Å². The van der Waals surface area contributed by atoms with E-state index in [1.807, 2.05) is 20.8 Å². The molecule has 0 saturated carbocycles. The van der Waals surface area contributed by atoms with Gasteiger partial charge in [0.15, 0.2) is 0 Å². The summed E-state index contributed by atoms with van der Waals surface area (Å²) in [5, 5.41) is 0. The Morgan fingerprint density at radius 1 is 1.00 bits per heavy atom. The van der Waals surface area contributed by atoms with E-state index < -0.39 is 10.0 Å². The molecule has 0 radical (unpaired) electrons. The Morgan fingerprint density at radius 3 is 1.96 bits per heavy atom. The largest absolute Gasteiger partial charge is 0.339 e. The van der Waals surface area contributed by atoms with Crippen LogP contribution in [0.3, 0.4) is 0 Å². The van der Waals surface area contributed by atoms with Gasteiger partial charge in [-0.1, -0.05) is 13.8 Å². The number of likely N-dealkylation sites (N-methyl/N-ethyl adjacent to an activating group) is 1. The van der Waals surface area contributed by atoms with Crippen molar-refractivity contribution in [2.24, 2.45) is 0 Å². The Kier molecular flexibility index (Phi) is 8.55. The van der Waals surface area contributed by atoms with E-state index in [2.05, 4.69) is 23.5 Å². The van der Waals surface area contributed by atoms with Crippen molar-refractivity contribution in [3.63, 3.8) is 0 Å². The molecule has 0 aromatic heterocycles. The minimum Gasteiger partial charge on any atom is -0.339 e. The zero-order valence-corrected chi connectivity index (χ0v) is 16.8. The average Bonchev–Trinajstić information content (AvgIpc) is 2.62. The number of carbonyl (C=O) groups is 1. The highest BCUT2D eigenvalue weighted by atomic mass is 32.2. The lowest BCUT2D eigenvalue weighted by molar-refractivity contribution is 0.0773. The molecule has 1 aromatic rings. The number of nitrogens with zero attached hydrogens (tertiary/aromatic N) is 2. The van der Waals surface area contributed by atoms with Crippen LogP contribution in [0.1, 0.15) is 45.0 Å². The Morgan fingerprint density at radius 2 is 1.52 bits per heavy atom. The molecule has 0 aliphatic carbocycles. The van der Waals surface area contributed by atoms with Crippen molar-refractivity contribution in [2.75, 3.05) is 32.7 Å². The Bertz CT molecular complexity index is 636. The molecule has 1 aromatic carbocycles. The van der Waals surface area contributed by atoms with Crippen LogP contribution in [0.25, 0.3) is 0 Å². The van der Waals surface area contributed by atoms with E-state index in [1.165, 1.54) is 12.1 Å². The van der Waals surface area contributed by atoms with Crippen molar-refractivity contribution in [1.29, 1.82) is 0 Å². The molecule has 0 unspecified atom stereocenters. The summed E-state index contributed by atoms with van der Waals surface area (Å²) in [5.41, 5.74) is 0.499. The molecular formula is C18H31N3O3S. The van der Waals surface area contributed by atoms with Gasteiger partial charge in [-0.25, -0.2) is 13.1 Å². The topological polar surface area (TPSA) is 69.7 Å². The summed E-state index contributed by atoms with van der Waals surface area (Å²) in [6.07, 6.45) is 0. The summed E-state index contributed by atoms with van der Waals surface area (Å²) < 4.78 is 27.5. The Balaban J connectivity index is 2.81. The number of hydrogen-bond acceptors (Lipinski definition) is 4. The van der Waals surface area contributed by atoms with Gasteiger partial charge >= 0.3 is 0 Å². The van der Waals surface area contributed by atoms with E-state index in [0.717, 1.165) is 13.1 Å². The molecule has 25 heavy (non-hydrogen) atoms. The molecule has 142 valence electrons. The van der Waals surface area contributed by atoms with E-state index in [1.54, 1.807) is 17.0 Å². The summed E-state index contributed by atoms with van der Waals surface area (Å²) in [6.45, 7) is 13.3. The van der Waals surface area contributed by atoms with Gasteiger partial charge in [0.2, 0.25) is 10.0 Å². The fourth-order valence-electron chi connectivity index (χ4n) is 2.76. The monoisotopic (exact) mass is 369 g/mol. The molecule has 0 aliphatic rings. The quantitative estimate of drug-likeness (QED) is 0.686. The first-order valence-corrected chi connectivity index (χ1v) is 10.4. The van der Waals surface area contributed by atoms with Crippen LogP contribution in [0.5, 0.6) is 0 Å². The molecule has 7 heteroatoms. The molecule has 1 rings (SSSR count). The van der Waals surface area contributed by atoms with E-state index >= 15 is 0 Å². The van der Waals surface area contributed by atoms with E-state index in [4.69, 9.17) is 0 Å². The second-order valence-corrected chi connectivity index (χ2v) is 7.69. The third-order valence-corrected chi connectivity index (χ3v) is 5.91. The summed E-state index contributed by atoms with van der Waals surface area (Å²) in [7, 11) is -3.58. The van der Waals surface area contributed by atoms with Crippen LogP contribution in [0.4, 0.5) is 0 Å². The van der Waals surface area contributed by atoms with E-state index in [0.29, 0.717) is 25.2 Å². The maximum absolute atomic E-state index is 12.4. The maximum atomic E-state index is 12.4. The van der Waals surface area contributed by atoms with Crippen LogP contribution in [-0.4, -0.2) is 62.9 Å². The number of amides is 1. The van der Waals surface area contributed by atoms with Crippen molar-refractivity contribution < 1.29 is 13.2 Å². The zero-order chi connectivity index (χ0) is 19.0. The molecule has 0 saturated heterocycles. The second-order valence-electron chi connectivity index (χ2n) is 5.92. The van der Waals surface area contributed by atoms with Crippen molar-refractivity contribution >= 4 is 15.9 Å². The minimum absolute atomic E-state index is 0.0861. The lowest BCUT2D eigenvalue weighted by Crippen LogP contribution is -2.41. The molecule has 1 amide bonds. The first-order chi connectivity index (χ1) is 11.8. The summed E-state index contributed by atoms with van der Waals surface area (Å²) in [5.74, 6) is -0.0861. The van der Waals surface area contributed by atoms with Crippen molar-refractivity contribution in [1.82, 2.24) is 14.5 Å². The van der Waals surface area contributed by atoms with Crippen LogP contribution < -0.4 is 4.72 Å². The number of carbonyl (C=O) groups excluding carboxylic acids is 1. The number of hydrogen-bond donors (Lipinski definition) is 1. The van der Waals surface area contributed by atoms with Gasteiger partial charge in [0.25, 0.3) is 5.91 Å². The fraction of sp³-hybridized carbons (Fsp3) is 0.611. The first-order valence-electron chi connectivity index (χ1n) is 8.93. The van der Waals surface area contributed by atoms with Crippen LogP contribution >= 0.6 is 0 Å². The summed E-state index contributed by atoms with van der Waals surface area (Å²) in [6, 6.07) is 6.24. The number of rotatable bonds is 10. The molecule has 6 nitrogen and oxygen atoms in total. The van der Waals surface area contributed by atoms with E-state index in [-0.39, 0.29) is 16.8 Å². The lowest BCUT2D eigenvalue weighted by atomic mass is 10.2. The zero-order valence-electron chi connectivity index (χ0n) is 15.9. The molecule has 0 heterocycles. The van der Waals surface area contributed by atoms with Crippen molar-refractivity contribution in [3.8, 4) is 0 Å². The van der Waals surface area contributed by atoms with Gasteiger partial charge in [-0.05, 0) is 58.1 Å². The molecule has 0 spiro atoms. The standard InChI is InChI=1S/C18H31N3O3S/c1-6-20(7-2)15(5)14-19-25(23,24)17-12-10-16(11-13-17)18(22)21(8-3)9-4/h10-13,15,19H,6-9,14H2,1-5H3/t15-/m0/s1. The average molecular weight is 370 g/mol. The molecule has 0 aliphatic heterocycles. The smallest absolute Gasteiger partial charge is 0.253 e. The molecule has 0 bridgehead atoms. The third kappa shape index (κ3) is 5.80. The molecule has 1 N–H and O–H groups in total. The van der Waals surface area contributed by atoms with Gasteiger partial charge in [-0.3, -0.25) is 9.69 Å². The van der Waals surface area contributed by atoms with Crippen LogP contribution in [-0.2, 0) is 10.0 Å². The summed E-state index contributed by atoms with van der Waals surface area (Å²) in [4.78, 5) is 16.3. The van der Waals surface area contributed by atoms with Crippen molar-refractivity contribution in [2.45, 2.75) is 45.6 Å². The summed E-state index contributed by atoms with van der Waals surface area (Å²) >= 11 is 0. The first kappa shape index (κ1) is 21.6. The Hall–Kier alpha value is -1.44. The SMILES string of the molecule is CCN(CC)C(=O)c1ccc(S(=O)(=O)NC[C@H](C)N(CC)CC)cc1. The van der Waals surface area contributed by atoms with Gasteiger partial charge in [0.1, 0.15) is 0 Å².